The van der Waals surface area contributed by atoms with Crippen LogP contribution in [0.1, 0.15) is 18.4 Å². The Balaban J connectivity index is 1.51. The fraction of sp³-hybridized carbons (Fsp3) is 0.267. The molecule has 6 rings (SSSR count). The number of hydrogen-bond donors (Lipinski definition) is 1. The summed E-state index contributed by atoms with van der Waals surface area (Å²) in [4.78, 5) is 16.9. The fourth-order valence-corrected chi connectivity index (χ4v) is 5.10. The van der Waals surface area contributed by atoms with Gasteiger partial charge in [0.25, 0.3) is 0 Å². The summed E-state index contributed by atoms with van der Waals surface area (Å²) >= 11 is 0. The first-order valence-electron chi connectivity index (χ1n) is 12.8. The van der Waals surface area contributed by atoms with Gasteiger partial charge >= 0.3 is 0 Å². The second kappa shape index (κ2) is 10.3. The zero-order valence-corrected chi connectivity index (χ0v) is 21.5. The van der Waals surface area contributed by atoms with Crippen molar-refractivity contribution in [1.29, 1.82) is 0 Å². The number of rotatable bonds is 7. The molecule has 38 heavy (non-hydrogen) atoms. The Morgan fingerprint density at radius 2 is 1.89 bits per heavy atom. The highest BCUT2D eigenvalue weighted by molar-refractivity contribution is 5.98. The molecule has 1 saturated heterocycles. The van der Waals surface area contributed by atoms with Crippen LogP contribution in [0.2, 0.25) is 0 Å². The standard InChI is InChI=1S/C30H30FN5O2/c1-35-13-10-23(11-14-35)38-28-17-24(37-2)16-27-29(28)30(34-19-33-27)36(18-21-5-3-4-6-25(21)31)22-7-8-26-20(15-22)9-12-32-26/h3-9,12,15-17,19,23,32H,10-11,13-14,18H2,1-2H3. The van der Waals surface area contributed by atoms with Gasteiger partial charge in [0.05, 0.1) is 24.6 Å². The minimum atomic E-state index is -0.261. The lowest BCUT2D eigenvalue weighted by atomic mass is 10.1. The van der Waals surface area contributed by atoms with E-state index in [9.17, 15) is 4.39 Å². The lowest BCUT2D eigenvalue weighted by molar-refractivity contribution is 0.115. The molecular formula is C30H30FN5O2. The summed E-state index contributed by atoms with van der Waals surface area (Å²) in [6.07, 6.45) is 5.39. The summed E-state index contributed by atoms with van der Waals surface area (Å²) in [6, 6.07) is 18.8. The maximum Gasteiger partial charge on any atom is 0.148 e. The van der Waals surface area contributed by atoms with Crippen LogP contribution in [0.15, 0.2) is 73.2 Å². The number of anilines is 2. The van der Waals surface area contributed by atoms with E-state index in [0.717, 1.165) is 47.9 Å². The van der Waals surface area contributed by atoms with Crippen LogP contribution in [0.25, 0.3) is 21.8 Å². The molecule has 1 N–H and O–H groups in total. The van der Waals surface area contributed by atoms with Crippen LogP contribution in [0.5, 0.6) is 11.5 Å². The van der Waals surface area contributed by atoms with Gasteiger partial charge in [-0.15, -0.1) is 0 Å². The molecule has 8 heteroatoms. The van der Waals surface area contributed by atoms with E-state index < -0.39 is 0 Å². The number of fused-ring (bicyclic) bond motifs is 2. The number of methoxy groups -OCH3 is 1. The van der Waals surface area contributed by atoms with Gasteiger partial charge in [0, 0.05) is 53.6 Å². The molecule has 0 spiro atoms. The number of hydrogen-bond acceptors (Lipinski definition) is 6. The largest absolute Gasteiger partial charge is 0.497 e. The van der Waals surface area contributed by atoms with Crippen LogP contribution in [-0.4, -0.2) is 53.2 Å². The molecule has 0 amide bonds. The zero-order valence-electron chi connectivity index (χ0n) is 21.5. The van der Waals surface area contributed by atoms with Gasteiger partial charge < -0.3 is 24.3 Å². The van der Waals surface area contributed by atoms with Crippen molar-refractivity contribution in [2.45, 2.75) is 25.5 Å². The molecule has 0 unspecified atom stereocenters. The number of nitrogens with zero attached hydrogens (tertiary/aromatic N) is 4. The third-order valence-electron chi connectivity index (χ3n) is 7.24. The highest BCUT2D eigenvalue weighted by Gasteiger charge is 2.24. The third kappa shape index (κ3) is 4.75. The van der Waals surface area contributed by atoms with Crippen molar-refractivity contribution in [2.24, 2.45) is 0 Å². The van der Waals surface area contributed by atoms with E-state index in [1.807, 2.05) is 47.5 Å². The van der Waals surface area contributed by atoms with Crippen molar-refractivity contribution in [1.82, 2.24) is 19.9 Å². The topological polar surface area (TPSA) is 66.5 Å². The molecule has 1 aliphatic heterocycles. The fourth-order valence-electron chi connectivity index (χ4n) is 5.10. The Hall–Kier alpha value is -4.17. The van der Waals surface area contributed by atoms with Gasteiger partial charge in [0.15, 0.2) is 0 Å². The number of H-pyrrole nitrogens is 1. The van der Waals surface area contributed by atoms with E-state index in [1.54, 1.807) is 25.6 Å². The van der Waals surface area contributed by atoms with Crippen molar-refractivity contribution in [3.8, 4) is 11.5 Å². The number of ether oxygens (including phenoxy) is 2. The summed E-state index contributed by atoms with van der Waals surface area (Å²) in [5.41, 5.74) is 3.20. The van der Waals surface area contributed by atoms with Crippen LogP contribution in [-0.2, 0) is 6.54 Å². The summed E-state index contributed by atoms with van der Waals surface area (Å²) < 4.78 is 27.1. The normalized spacial score (nSPS) is 14.7. The van der Waals surface area contributed by atoms with Crippen molar-refractivity contribution in [2.75, 3.05) is 32.1 Å². The van der Waals surface area contributed by atoms with Gasteiger partial charge in [0.2, 0.25) is 0 Å². The zero-order chi connectivity index (χ0) is 26.1. The smallest absolute Gasteiger partial charge is 0.148 e. The van der Waals surface area contributed by atoms with E-state index in [1.165, 1.54) is 6.07 Å². The van der Waals surface area contributed by atoms with Crippen molar-refractivity contribution in [3.05, 3.63) is 84.6 Å². The van der Waals surface area contributed by atoms with E-state index >= 15 is 0 Å². The monoisotopic (exact) mass is 511 g/mol. The highest BCUT2D eigenvalue weighted by Crippen LogP contribution is 2.40. The second-order valence-corrected chi connectivity index (χ2v) is 9.76. The molecular weight excluding hydrogens is 481 g/mol. The molecule has 0 saturated carbocycles. The van der Waals surface area contributed by atoms with Crippen molar-refractivity contribution >= 4 is 33.3 Å². The maximum absolute atomic E-state index is 14.9. The number of nitrogens with one attached hydrogen (secondary N) is 1. The quantitative estimate of drug-likeness (QED) is 0.286. The van der Waals surface area contributed by atoms with Gasteiger partial charge in [-0.05, 0) is 50.2 Å². The molecule has 1 aliphatic rings. The summed E-state index contributed by atoms with van der Waals surface area (Å²) in [6.45, 7) is 2.24. The predicted molar refractivity (Wildman–Crippen MR) is 148 cm³/mol. The third-order valence-corrected chi connectivity index (χ3v) is 7.24. The molecule has 5 aromatic rings. The van der Waals surface area contributed by atoms with Gasteiger partial charge in [0.1, 0.15) is 35.6 Å². The number of halogens is 1. The Morgan fingerprint density at radius 1 is 1.05 bits per heavy atom. The minimum Gasteiger partial charge on any atom is -0.497 e. The Morgan fingerprint density at radius 3 is 2.71 bits per heavy atom. The molecule has 3 aromatic carbocycles. The number of likely N-dealkylation sites (tertiary alicyclic amines) is 1. The van der Waals surface area contributed by atoms with E-state index in [2.05, 4.69) is 28.0 Å². The summed E-state index contributed by atoms with van der Waals surface area (Å²) in [5, 5.41) is 1.83. The SMILES string of the molecule is COc1cc(OC2CCN(C)CC2)c2c(N(Cc3ccccc3F)c3ccc4[nH]ccc4c3)ncnc2c1. The maximum atomic E-state index is 14.9. The molecule has 194 valence electrons. The molecule has 2 aromatic heterocycles. The molecule has 1 fully saturated rings. The molecule has 0 radical (unpaired) electrons. The number of aromatic amines is 1. The molecule has 0 bridgehead atoms. The first-order valence-corrected chi connectivity index (χ1v) is 12.8. The van der Waals surface area contributed by atoms with Gasteiger partial charge in [-0.3, -0.25) is 0 Å². The average molecular weight is 512 g/mol. The van der Waals surface area contributed by atoms with Crippen LogP contribution >= 0.6 is 0 Å². The first kappa shape index (κ1) is 24.2. The van der Waals surface area contributed by atoms with Crippen molar-refractivity contribution in [3.63, 3.8) is 0 Å². The lowest BCUT2D eigenvalue weighted by Crippen LogP contribution is -2.35. The Labute approximate surface area is 220 Å². The van der Waals surface area contributed by atoms with E-state index in [0.29, 0.717) is 28.4 Å². The highest BCUT2D eigenvalue weighted by atomic mass is 19.1. The van der Waals surface area contributed by atoms with Crippen LogP contribution in [0.3, 0.4) is 0 Å². The van der Waals surface area contributed by atoms with E-state index in [4.69, 9.17) is 14.5 Å². The number of piperidine rings is 1. The van der Waals surface area contributed by atoms with Gasteiger partial charge in [-0.25, -0.2) is 14.4 Å². The van der Waals surface area contributed by atoms with Crippen LogP contribution in [0.4, 0.5) is 15.9 Å². The van der Waals surface area contributed by atoms with Gasteiger partial charge in [-0.2, -0.15) is 0 Å². The Kier molecular flexibility index (Phi) is 6.55. The molecule has 0 atom stereocenters. The molecule has 7 nitrogen and oxygen atoms in total. The van der Waals surface area contributed by atoms with Crippen LogP contribution < -0.4 is 14.4 Å². The van der Waals surface area contributed by atoms with E-state index in [-0.39, 0.29) is 18.5 Å². The minimum absolute atomic E-state index is 0.0748. The average Bonchev–Trinajstić information content (AvgIpc) is 3.41. The summed E-state index contributed by atoms with van der Waals surface area (Å²) in [7, 11) is 3.77. The molecule has 0 aliphatic carbocycles. The van der Waals surface area contributed by atoms with Crippen molar-refractivity contribution < 1.29 is 13.9 Å². The first-order chi connectivity index (χ1) is 18.6. The Bertz CT molecular complexity index is 1580. The van der Waals surface area contributed by atoms with Gasteiger partial charge in [-0.1, -0.05) is 18.2 Å². The number of benzene rings is 3. The molecule has 3 heterocycles. The lowest BCUT2D eigenvalue weighted by Gasteiger charge is -2.30. The number of aromatic nitrogens is 3. The second-order valence-electron chi connectivity index (χ2n) is 9.76. The predicted octanol–water partition coefficient (Wildman–Crippen LogP) is 6.07. The summed E-state index contributed by atoms with van der Waals surface area (Å²) in [5.74, 6) is 1.73. The van der Waals surface area contributed by atoms with Crippen LogP contribution in [0, 0.1) is 5.82 Å².